The highest BCUT2D eigenvalue weighted by Gasteiger charge is 2.21. The summed E-state index contributed by atoms with van der Waals surface area (Å²) in [6.45, 7) is 2.16. The van der Waals surface area contributed by atoms with Crippen molar-refractivity contribution in [1.82, 2.24) is 8.80 Å². The predicted molar refractivity (Wildman–Crippen MR) is 96.8 cm³/mol. The summed E-state index contributed by atoms with van der Waals surface area (Å²) in [4.78, 5) is 0. The maximum absolute atomic E-state index is 2.42. The Morgan fingerprint density at radius 3 is 1.91 bits per heavy atom. The number of imidazole rings is 1. The zero-order valence-corrected chi connectivity index (χ0v) is 12.7. The number of aromatic nitrogens is 2. The minimum atomic E-state index is 1.28. The number of hydrogen-bond donors (Lipinski definition) is 0. The van der Waals surface area contributed by atoms with E-state index < -0.39 is 0 Å². The van der Waals surface area contributed by atoms with Crippen LogP contribution in [0.25, 0.3) is 43.9 Å². The molecule has 2 nitrogen and oxygen atoms in total. The Hall–Kier alpha value is -3.00. The summed E-state index contributed by atoms with van der Waals surface area (Å²) in [5.41, 5.74) is 7.75. The van der Waals surface area contributed by atoms with Crippen LogP contribution in [-0.4, -0.2) is 8.80 Å². The highest BCUT2D eigenvalue weighted by atomic mass is 15.1. The maximum Gasteiger partial charge on any atom is 0.131 e. The fraction of sp³-hybridized carbons (Fsp3) is 0.0476. The molecule has 0 atom stereocenters. The largest absolute Gasteiger partial charge is 0.293 e. The van der Waals surface area contributed by atoms with E-state index in [1.807, 2.05) is 0 Å². The first kappa shape index (κ1) is 11.6. The molecule has 3 heterocycles. The van der Waals surface area contributed by atoms with E-state index in [-0.39, 0.29) is 0 Å². The van der Waals surface area contributed by atoms with Crippen LogP contribution in [0.1, 0.15) is 5.56 Å². The molecule has 0 saturated heterocycles. The van der Waals surface area contributed by atoms with Gasteiger partial charge < -0.3 is 0 Å². The molecule has 6 aromatic rings. The van der Waals surface area contributed by atoms with Gasteiger partial charge in [-0.25, -0.2) is 0 Å². The van der Waals surface area contributed by atoms with Crippen molar-refractivity contribution < 1.29 is 0 Å². The predicted octanol–water partition coefficient (Wildman–Crippen LogP) is 5.40. The fourth-order valence-corrected chi connectivity index (χ4v) is 4.19. The van der Waals surface area contributed by atoms with Gasteiger partial charge in [-0.15, -0.1) is 0 Å². The van der Waals surface area contributed by atoms with Crippen LogP contribution < -0.4 is 0 Å². The van der Waals surface area contributed by atoms with Crippen LogP contribution in [0, 0.1) is 6.92 Å². The van der Waals surface area contributed by atoms with Crippen molar-refractivity contribution in [2.75, 3.05) is 0 Å². The normalized spacial score (nSPS) is 12.6. The summed E-state index contributed by atoms with van der Waals surface area (Å²) < 4.78 is 4.84. The minimum absolute atomic E-state index is 1.28. The second kappa shape index (κ2) is 3.66. The average molecular weight is 294 g/mol. The van der Waals surface area contributed by atoms with E-state index in [1.54, 1.807) is 0 Å². The molecule has 2 heteroatoms. The Morgan fingerprint density at radius 1 is 0.609 bits per heavy atom. The average Bonchev–Trinajstić information content (AvgIpc) is 3.18. The summed E-state index contributed by atoms with van der Waals surface area (Å²) in [6, 6.07) is 24.2. The van der Waals surface area contributed by atoms with Gasteiger partial charge in [0.2, 0.25) is 0 Å². The molecule has 23 heavy (non-hydrogen) atoms. The Kier molecular flexibility index (Phi) is 1.84. The van der Waals surface area contributed by atoms with Crippen molar-refractivity contribution in [2.45, 2.75) is 6.92 Å². The molecule has 108 valence electrons. The number of nitrogens with zero attached hydrogens (tertiary/aromatic N) is 2. The monoisotopic (exact) mass is 294 g/mol. The van der Waals surface area contributed by atoms with Gasteiger partial charge >= 0.3 is 0 Å². The fourth-order valence-electron chi connectivity index (χ4n) is 4.19. The van der Waals surface area contributed by atoms with Crippen LogP contribution in [0.4, 0.5) is 0 Å². The van der Waals surface area contributed by atoms with E-state index in [9.17, 15) is 0 Å². The molecule has 0 fully saturated rings. The van der Waals surface area contributed by atoms with E-state index >= 15 is 0 Å². The smallest absolute Gasteiger partial charge is 0.131 e. The lowest BCUT2D eigenvalue weighted by Gasteiger charge is -1.97. The highest BCUT2D eigenvalue weighted by molar-refractivity contribution is 6.23. The Labute approximate surface area is 132 Å². The highest BCUT2D eigenvalue weighted by Crippen LogP contribution is 2.40. The third-order valence-electron chi connectivity index (χ3n) is 5.09. The van der Waals surface area contributed by atoms with Crippen LogP contribution in [0.5, 0.6) is 0 Å². The number of fused-ring (bicyclic) bond motifs is 9. The molecule has 0 bridgehead atoms. The minimum Gasteiger partial charge on any atom is -0.293 e. The van der Waals surface area contributed by atoms with Gasteiger partial charge in [0.05, 0.1) is 22.1 Å². The standard InChI is InChI=1S/C21H14N2/c1-13-10-11-18-19(12-13)23-17-9-5-3-7-15(17)20-14-6-2-4-8-16(14)22(18)21(20)23/h2-12H,1H3. The van der Waals surface area contributed by atoms with Gasteiger partial charge in [-0.2, -0.15) is 0 Å². The molecule has 0 unspecified atom stereocenters. The van der Waals surface area contributed by atoms with E-state index in [4.69, 9.17) is 0 Å². The second-order valence-corrected chi connectivity index (χ2v) is 6.40. The van der Waals surface area contributed by atoms with E-state index in [2.05, 4.69) is 82.5 Å². The lowest BCUT2D eigenvalue weighted by Crippen LogP contribution is -1.81. The number of hydrogen-bond acceptors (Lipinski definition) is 0. The Bertz CT molecular complexity index is 1360. The van der Waals surface area contributed by atoms with E-state index in [0.717, 1.165) is 0 Å². The maximum atomic E-state index is 2.42. The summed E-state index contributed by atoms with van der Waals surface area (Å²) >= 11 is 0. The van der Waals surface area contributed by atoms with Gasteiger partial charge in [-0.3, -0.25) is 8.80 Å². The molecule has 3 aromatic carbocycles. The molecular weight excluding hydrogens is 280 g/mol. The van der Waals surface area contributed by atoms with Crippen LogP contribution in [-0.2, 0) is 0 Å². The summed E-state index contributed by atoms with van der Waals surface area (Å²) in [5.74, 6) is 0. The quantitative estimate of drug-likeness (QED) is 0.355. The van der Waals surface area contributed by atoms with Crippen molar-refractivity contribution in [3.05, 3.63) is 72.3 Å². The van der Waals surface area contributed by atoms with Gasteiger partial charge in [0.15, 0.2) is 0 Å². The molecule has 0 N–H and O–H groups in total. The van der Waals surface area contributed by atoms with Gasteiger partial charge in [0.1, 0.15) is 5.65 Å². The third kappa shape index (κ3) is 1.19. The molecular formula is C21H14N2. The first-order valence-electron chi connectivity index (χ1n) is 7.98. The number of para-hydroxylation sites is 2. The molecule has 0 spiro atoms. The second-order valence-electron chi connectivity index (χ2n) is 6.40. The van der Waals surface area contributed by atoms with Crippen LogP contribution >= 0.6 is 0 Å². The Balaban J connectivity index is 2.14. The van der Waals surface area contributed by atoms with Gasteiger partial charge in [-0.05, 0) is 36.8 Å². The van der Waals surface area contributed by atoms with Crippen LogP contribution in [0.15, 0.2) is 66.7 Å². The van der Waals surface area contributed by atoms with Gasteiger partial charge in [0, 0.05) is 16.2 Å². The first-order valence-corrected chi connectivity index (χ1v) is 7.98. The molecule has 0 amide bonds. The van der Waals surface area contributed by atoms with Crippen molar-refractivity contribution in [3.63, 3.8) is 0 Å². The Morgan fingerprint density at radius 2 is 1.22 bits per heavy atom. The van der Waals surface area contributed by atoms with Crippen molar-refractivity contribution >= 4 is 43.9 Å². The molecule has 0 radical (unpaired) electrons. The zero-order valence-electron chi connectivity index (χ0n) is 12.7. The molecule has 0 saturated carbocycles. The molecule has 6 rings (SSSR count). The summed E-state index contributed by atoms with van der Waals surface area (Å²) in [6.07, 6.45) is 0. The first-order chi connectivity index (χ1) is 11.3. The lowest BCUT2D eigenvalue weighted by molar-refractivity contribution is 1.28. The summed E-state index contributed by atoms with van der Waals surface area (Å²) in [7, 11) is 0. The zero-order chi connectivity index (χ0) is 15.1. The van der Waals surface area contributed by atoms with Crippen molar-refractivity contribution in [3.8, 4) is 0 Å². The van der Waals surface area contributed by atoms with E-state index in [0.29, 0.717) is 0 Å². The third-order valence-corrected chi connectivity index (χ3v) is 5.09. The molecule has 0 aliphatic carbocycles. The number of aryl methyl sites for hydroxylation is 1. The molecule has 0 aliphatic rings. The molecule has 0 aliphatic heterocycles. The number of rotatable bonds is 0. The van der Waals surface area contributed by atoms with Crippen LogP contribution in [0.2, 0.25) is 0 Å². The van der Waals surface area contributed by atoms with Crippen molar-refractivity contribution in [1.29, 1.82) is 0 Å². The van der Waals surface area contributed by atoms with Gasteiger partial charge in [0.25, 0.3) is 0 Å². The number of benzene rings is 3. The van der Waals surface area contributed by atoms with E-state index in [1.165, 1.54) is 49.4 Å². The van der Waals surface area contributed by atoms with Crippen LogP contribution in [0.3, 0.4) is 0 Å². The van der Waals surface area contributed by atoms with Gasteiger partial charge in [-0.1, -0.05) is 42.5 Å². The van der Waals surface area contributed by atoms with Crippen molar-refractivity contribution in [2.24, 2.45) is 0 Å². The summed E-state index contributed by atoms with van der Waals surface area (Å²) in [5, 5.41) is 4.04. The SMILES string of the molecule is Cc1ccc2c(c1)n1c3ccccc3c3c4ccccc4n2c31. The lowest BCUT2D eigenvalue weighted by atomic mass is 10.1. The topological polar surface area (TPSA) is 8.82 Å². The molecule has 3 aromatic heterocycles.